The molecule has 124 valence electrons. The summed E-state index contributed by atoms with van der Waals surface area (Å²) in [5.74, 6) is 1.30. The molecular weight excluding hydrogens is 300 g/mol. The fraction of sp³-hybridized carbons (Fsp3) is 0.278. The summed E-state index contributed by atoms with van der Waals surface area (Å²) in [6.45, 7) is 10.0. The first-order valence-corrected chi connectivity index (χ1v) is 8.08. The predicted molar refractivity (Wildman–Crippen MR) is 98.5 cm³/mol. The Morgan fingerprint density at radius 1 is 1.25 bits per heavy atom. The summed E-state index contributed by atoms with van der Waals surface area (Å²) >= 11 is 0. The van der Waals surface area contributed by atoms with Gasteiger partial charge in [0.2, 0.25) is 11.9 Å². The molecule has 0 spiro atoms. The SMILES string of the molecule is C=C(C)Nc1ncc2nc(Nc3ccccc3)n(C(C)CC)c2n1. The maximum absolute atomic E-state index is 4.67. The lowest BCUT2D eigenvalue weighted by Crippen LogP contribution is -2.09. The Kier molecular flexibility index (Phi) is 4.46. The Balaban J connectivity index is 2.09. The monoisotopic (exact) mass is 322 g/mol. The second kappa shape index (κ2) is 6.70. The molecule has 1 atom stereocenters. The van der Waals surface area contributed by atoms with Gasteiger partial charge in [0.15, 0.2) is 5.65 Å². The van der Waals surface area contributed by atoms with Crippen molar-refractivity contribution in [3.8, 4) is 0 Å². The molecule has 24 heavy (non-hydrogen) atoms. The molecule has 0 fully saturated rings. The quantitative estimate of drug-likeness (QED) is 0.700. The average molecular weight is 322 g/mol. The minimum absolute atomic E-state index is 0.258. The summed E-state index contributed by atoms with van der Waals surface area (Å²) in [4.78, 5) is 13.6. The maximum Gasteiger partial charge on any atom is 0.229 e. The molecule has 6 nitrogen and oxygen atoms in total. The van der Waals surface area contributed by atoms with E-state index >= 15 is 0 Å². The van der Waals surface area contributed by atoms with Crippen molar-refractivity contribution in [2.24, 2.45) is 0 Å². The number of nitrogens with zero attached hydrogens (tertiary/aromatic N) is 4. The van der Waals surface area contributed by atoms with E-state index in [1.54, 1.807) is 6.20 Å². The number of aromatic nitrogens is 4. The number of imidazole rings is 1. The molecule has 2 aromatic heterocycles. The summed E-state index contributed by atoms with van der Waals surface area (Å²) in [5, 5.41) is 6.45. The third-order valence-corrected chi connectivity index (χ3v) is 3.82. The number of nitrogens with one attached hydrogen (secondary N) is 2. The van der Waals surface area contributed by atoms with Crippen LogP contribution in [0.15, 0.2) is 48.8 Å². The number of hydrogen-bond donors (Lipinski definition) is 2. The fourth-order valence-electron chi connectivity index (χ4n) is 2.48. The second-order valence-corrected chi connectivity index (χ2v) is 5.86. The Hall–Kier alpha value is -2.89. The molecule has 0 aliphatic carbocycles. The van der Waals surface area contributed by atoms with E-state index in [-0.39, 0.29) is 6.04 Å². The van der Waals surface area contributed by atoms with Crippen LogP contribution in [0.4, 0.5) is 17.6 Å². The highest BCUT2D eigenvalue weighted by atomic mass is 15.3. The molecular formula is C18H22N6. The van der Waals surface area contributed by atoms with Crippen molar-refractivity contribution >= 4 is 28.7 Å². The molecule has 0 amide bonds. The van der Waals surface area contributed by atoms with Crippen LogP contribution in [0, 0.1) is 0 Å². The summed E-state index contributed by atoms with van der Waals surface area (Å²) in [6.07, 6.45) is 2.71. The number of allylic oxidation sites excluding steroid dienone is 1. The number of anilines is 3. The predicted octanol–water partition coefficient (Wildman–Crippen LogP) is 4.49. The molecule has 0 radical (unpaired) electrons. The molecule has 1 aromatic carbocycles. The van der Waals surface area contributed by atoms with Crippen molar-refractivity contribution in [1.82, 2.24) is 19.5 Å². The highest BCUT2D eigenvalue weighted by molar-refractivity contribution is 5.76. The Labute approximate surface area is 141 Å². The Morgan fingerprint density at radius 2 is 2.00 bits per heavy atom. The molecule has 2 N–H and O–H groups in total. The normalized spacial score (nSPS) is 12.1. The summed E-state index contributed by atoms with van der Waals surface area (Å²) in [6, 6.07) is 10.3. The van der Waals surface area contributed by atoms with Gasteiger partial charge in [-0.1, -0.05) is 31.7 Å². The topological polar surface area (TPSA) is 67.7 Å². The van der Waals surface area contributed by atoms with Gasteiger partial charge in [-0.25, -0.2) is 9.97 Å². The summed E-state index contributed by atoms with van der Waals surface area (Å²) in [5.41, 5.74) is 3.36. The van der Waals surface area contributed by atoms with E-state index in [1.807, 2.05) is 37.3 Å². The number of benzene rings is 1. The molecule has 2 heterocycles. The zero-order valence-electron chi connectivity index (χ0n) is 14.2. The molecule has 0 saturated carbocycles. The van der Waals surface area contributed by atoms with Crippen LogP contribution in [0.2, 0.25) is 0 Å². The van der Waals surface area contributed by atoms with Crippen molar-refractivity contribution in [3.63, 3.8) is 0 Å². The van der Waals surface area contributed by atoms with Crippen LogP contribution in [-0.4, -0.2) is 19.5 Å². The lowest BCUT2D eigenvalue weighted by molar-refractivity contribution is 0.547. The van der Waals surface area contributed by atoms with Crippen LogP contribution in [-0.2, 0) is 0 Å². The number of fused-ring (bicyclic) bond motifs is 1. The molecule has 3 aromatic rings. The van der Waals surface area contributed by atoms with Crippen molar-refractivity contribution in [2.75, 3.05) is 10.6 Å². The van der Waals surface area contributed by atoms with Gasteiger partial charge in [-0.3, -0.25) is 4.57 Å². The molecule has 6 heteroatoms. The molecule has 0 aliphatic heterocycles. The molecule has 1 unspecified atom stereocenters. The van der Waals surface area contributed by atoms with Gasteiger partial charge in [0, 0.05) is 17.4 Å². The van der Waals surface area contributed by atoms with E-state index in [0.29, 0.717) is 5.95 Å². The number of rotatable bonds is 6. The zero-order chi connectivity index (χ0) is 17.1. The van der Waals surface area contributed by atoms with E-state index in [0.717, 1.165) is 34.9 Å². The van der Waals surface area contributed by atoms with Gasteiger partial charge < -0.3 is 10.6 Å². The minimum atomic E-state index is 0.258. The first-order valence-electron chi connectivity index (χ1n) is 8.08. The number of hydrogen-bond acceptors (Lipinski definition) is 5. The average Bonchev–Trinajstić information content (AvgIpc) is 2.91. The van der Waals surface area contributed by atoms with Crippen LogP contribution >= 0.6 is 0 Å². The van der Waals surface area contributed by atoms with Gasteiger partial charge in [-0.05, 0) is 32.4 Å². The first kappa shape index (κ1) is 16.0. The van der Waals surface area contributed by atoms with Crippen molar-refractivity contribution in [3.05, 3.63) is 48.8 Å². The van der Waals surface area contributed by atoms with Crippen molar-refractivity contribution in [2.45, 2.75) is 33.2 Å². The highest BCUT2D eigenvalue weighted by Crippen LogP contribution is 2.27. The van der Waals surface area contributed by atoms with Crippen LogP contribution in [0.5, 0.6) is 0 Å². The molecule has 0 aliphatic rings. The smallest absolute Gasteiger partial charge is 0.229 e. The van der Waals surface area contributed by atoms with Gasteiger partial charge in [-0.2, -0.15) is 4.98 Å². The maximum atomic E-state index is 4.67. The van der Waals surface area contributed by atoms with Gasteiger partial charge in [-0.15, -0.1) is 0 Å². The van der Waals surface area contributed by atoms with E-state index in [2.05, 4.69) is 50.6 Å². The fourth-order valence-corrected chi connectivity index (χ4v) is 2.48. The Morgan fingerprint density at radius 3 is 2.67 bits per heavy atom. The van der Waals surface area contributed by atoms with Gasteiger partial charge in [0.1, 0.15) is 5.52 Å². The van der Waals surface area contributed by atoms with Gasteiger partial charge >= 0.3 is 0 Å². The van der Waals surface area contributed by atoms with Gasteiger partial charge in [0.25, 0.3) is 0 Å². The summed E-state index contributed by atoms with van der Waals surface area (Å²) < 4.78 is 2.12. The molecule has 0 bridgehead atoms. The molecule has 3 rings (SSSR count). The van der Waals surface area contributed by atoms with Crippen LogP contribution in [0.1, 0.15) is 33.2 Å². The molecule has 0 saturated heterocycles. The first-order chi connectivity index (χ1) is 11.6. The third-order valence-electron chi connectivity index (χ3n) is 3.82. The lowest BCUT2D eigenvalue weighted by atomic mass is 10.2. The van der Waals surface area contributed by atoms with Crippen LogP contribution < -0.4 is 10.6 Å². The largest absolute Gasteiger partial charge is 0.329 e. The van der Waals surface area contributed by atoms with E-state index in [1.165, 1.54) is 0 Å². The number of para-hydroxylation sites is 1. The van der Waals surface area contributed by atoms with E-state index in [9.17, 15) is 0 Å². The standard InChI is InChI=1S/C18H22N6/c1-5-13(4)24-16-15(11-19-17(23-16)20-12(2)3)22-18(24)21-14-9-7-6-8-10-14/h6-11,13H,2,5H2,1,3-4H3,(H,21,22)(H,19,20,23). The van der Waals surface area contributed by atoms with Crippen LogP contribution in [0.25, 0.3) is 11.2 Å². The Bertz CT molecular complexity index is 853. The lowest BCUT2D eigenvalue weighted by Gasteiger charge is -2.16. The van der Waals surface area contributed by atoms with E-state index < -0.39 is 0 Å². The van der Waals surface area contributed by atoms with Crippen LogP contribution in [0.3, 0.4) is 0 Å². The summed E-state index contributed by atoms with van der Waals surface area (Å²) in [7, 11) is 0. The van der Waals surface area contributed by atoms with Gasteiger partial charge in [0.05, 0.1) is 6.20 Å². The second-order valence-electron chi connectivity index (χ2n) is 5.86. The van der Waals surface area contributed by atoms with Crippen molar-refractivity contribution in [1.29, 1.82) is 0 Å². The van der Waals surface area contributed by atoms with E-state index in [4.69, 9.17) is 0 Å². The minimum Gasteiger partial charge on any atom is -0.329 e. The van der Waals surface area contributed by atoms with Crippen molar-refractivity contribution < 1.29 is 0 Å². The highest BCUT2D eigenvalue weighted by Gasteiger charge is 2.17. The third kappa shape index (κ3) is 3.22. The zero-order valence-corrected chi connectivity index (χ0v) is 14.2.